The molecule has 0 aliphatic rings. The molecule has 0 unspecified atom stereocenters. The number of hydrogen-bond donors (Lipinski definition) is 1. The van der Waals surface area contributed by atoms with E-state index in [-0.39, 0.29) is 6.42 Å². The Kier molecular flexibility index (Phi) is 2.97. The largest absolute Gasteiger partial charge is 0.319 e. The van der Waals surface area contributed by atoms with Crippen molar-refractivity contribution in [2.45, 2.75) is 12.5 Å². The lowest BCUT2D eigenvalue weighted by atomic mass is 10.0. The summed E-state index contributed by atoms with van der Waals surface area (Å²) in [5, 5.41) is 2.19. The molecule has 2 rings (SSSR count). The molecule has 1 atom stereocenters. The number of carbonyl (C=O) groups excluding carboxylic acids is 1. The fraction of sp³-hybridized carbons (Fsp3) is 0.154. The van der Waals surface area contributed by atoms with Gasteiger partial charge in [0.1, 0.15) is 6.04 Å². The van der Waals surface area contributed by atoms with Crippen molar-refractivity contribution in [3.05, 3.63) is 48.0 Å². The molecule has 3 heteroatoms. The van der Waals surface area contributed by atoms with E-state index in [0.29, 0.717) is 0 Å². The van der Waals surface area contributed by atoms with Crippen molar-refractivity contribution >= 4 is 16.8 Å². The summed E-state index contributed by atoms with van der Waals surface area (Å²) < 4.78 is 12.3. The molecule has 2 nitrogen and oxygen atoms in total. The minimum absolute atomic E-state index is 0.236. The van der Waals surface area contributed by atoms with Gasteiger partial charge in [-0.3, -0.25) is 4.79 Å². The molecule has 0 radical (unpaired) electrons. The van der Waals surface area contributed by atoms with Crippen LogP contribution < -0.4 is 5.73 Å². The molecule has 0 fully saturated rings. The average Bonchev–Trinajstić information content (AvgIpc) is 2.28. The lowest BCUT2D eigenvalue weighted by Gasteiger charge is -2.06. The zero-order chi connectivity index (χ0) is 11.5. The van der Waals surface area contributed by atoms with Gasteiger partial charge in [0.05, 0.1) is 0 Å². The van der Waals surface area contributed by atoms with Crippen molar-refractivity contribution in [3.63, 3.8) is 0 Å². The average molecular weight is 217 g/mol. The van der Waals surface area contributed by atoms with Gasteiger partial charge in [0, 0.05) is 0 Å². The molecule has 0 amide bonds. The molecule has 0 spiro atoms. The van der Waals surface area contributed by atoms with Crippen LogP contribution in [0.15, 0.2) is 42.5 Å². The quantitative estimate of drug-likeness (QED) is 0.801. The molecule has 0 bridgehead atoms. The zero-order valence-corrected chi connectivity index (χ0v) is 8.69. The van der Waals surface area contributed by atoms with Gasteiger partial charge in [0.2, 0.25) is 0 Å². The number of hydrogen-bond acceptors (Lipinski definition) is 2. The first-order valence-electron chi connectivity index (χ1n) is 5.09. The third-order valence-corrected chi connectivity index (χ3v) is 2.56. The smallest absolute Gasteiger partial charge is 0.318 e. The number of halogens is 1. The fourth-order valence-electron chi connectivity index (χ4n) is 1.70. The lowest BCUT2D eigenvalue weighted by molar-refractivity contribution is -0.130. The van der Waals surface area contributed by atoms with Crippen LogP contribution in [0.25, 0.3) is 10.8 Å². The molecular weight excluding hydrogens is 205 g/mol. The van der Waals surface area contributed by atoms with Gasteiger partial charge in [0.25, 0.3) is 0 Å². The molecule has 16 heavy (non-hydrogen) atoms. The Labute approximate surface area is 92.9 Å². The van der Waals surface area contributed by atoms with Crippen LogP contribution in [0.3, 0.4) is 0 Å². The second-order valence-corrected chi connectivity index (χ2v) is 3.80. The SMILES string of the molecule is N[C@@H](Cc1ccc2ccccc2c1)C(=O)F. The van der Waals surface area contributed by atoms with Gasteiger partial charge in [-0.2, -0.15) is 4.39 Å². The van der Waals surface area contributed by atoms with Crippen molar-refractivity contribution in [1.29, 1.82) is 0 Å². The maximum Gasteiger partial charge on any atom is 0.318 e. The van der Waals surface area contributed by atoms with E-state index in [2.05, 4.69) is 0 Å². The van der Waals surface area contributed by atoms with Gasteiger partial charge in [0.15, 0.2) is 0 Å². The van der Waals surface area contributed by atoms with E-state index in [1.807, 2.05) is 42.5 Å². The molecule has 0 aliphatic carbocycles. The number of fused-ring (bicyclic) bond motifs is 1. The first-order chi connectivity index (χ1) is 7.66. The molecule has 2 aromatic rings. The van der Waals surface area contributed by atoms with Crippen molar-refractivity contribution in [3.8, 4) is 0 Å². The first-order valence-corrected chi connectivity index (χ1v) is 5.09. The van der Waals surface area contributed by atoms with Gasteiger partial charge in [-0.15, -0.1) is 0 Å². The number of rotatable bonds is 3. The van der Waals surface area contributed by atoms with E-state index in [1.165, 1.54) is 0 Å². The highest BCUT2D eigenvalue weighted by Crippen LogP contribution is 2.16. The third kappa shape index (κ3) is 2.25. The Hall–Kier alpha value is -1.74. The molecule has 2 aromatic carbocycles. The summed E-state index contributed by atoms with van der Waals surface area (Å²) in [6.07, 6.45) is 0.236. The van der Waals surface area contributed by atoms with Crippen molar-refractivity contribution in [1.82, 2.24) is 0 Å². The Morgan fingerprint density at radius 1 is 1.19 bits per heavy atom. The van der Waals surface area contributed by atoms with E-state index < -0.39 is 12.1 Å². The molecule has 0 aliphatic heterocycles. The topological polar surface area (TPSA) is 43.1 Å². The van der Waals surface area contributed by atoms with Crippen LogP contribution in [0.4, 0.5) is 4.39 Å². The zero-order valence-electron chi connectivity index (χ0n) is 8.69. The Balaban J connectivity index is 2.29. The summed E-state index contributed by atoms with van der Waals surface area (Å²) >= 11 is 0. The monoisotopic (exact) mass is 217 g/mol. The maximum absolute atomic E-state index is 12.3. The van der Waals surface area contributed by atoms with Crippen LogP contribution in [0.5, 0.6) is 0 Å². The molecule has 2 N–H and O–H groups in total. The Bertz CT molecular complexity index is 524. The van der Waals surface area contributed by atoms with Crippen LogP contribution in [0.1, 0.15) is 5.56 Å². The van der Waals surface area contributed by atoms with Gasteiger partial charge < -0.3 is 5.73 Å². The highest BCUT2D eigenvalue weighted by molar-refractivity contribution is 5.83. The third-order valence-electron chi connectivity index (χ3n) is 2.56. The van der Waals surface area contributed by atoms with Gasteiger partial charge in [-0.25, -0.2) is 0 Å². The van der Waals surface area contributed by atoms with E-state index in [9.17, 15) is 9.18 Å². The Morgan fingerprint density at radius 2 is 1.88 bits per heavy atom. The first kappa shape index (κ1) is 10.8. The molecule has 0 saturated carbocycles. The van der Waals surface area contributed by atoms with Crippen LogP contribution in [0.2, 0.25) is 0 Å². The molecular formula is C13H12FNO. The summed E-state index contributed by atoms with van der Waals surface area (Å²) in [6.45, 7) is 0. The lowest BCUT2D eigenvalue weighted by Crippen LogP contribution is -2.29. The van der Waals surface area contributed by atoms with Gasteiger partial charge in [-0.05, 0) is 22.8 Å². The predicted octanol–water partition coefficient (Wildman–Crippen LogP) is 2.21. The van der Waals surface area contributed by atoms with E-state index in [4.69, 9.17) is 5.73 Å². The highest BCUT2D eigenvalue weighted by atomic mass is 19.1. The molecule has 82 valence electrons. The van der Waals surface area contributed by atoms with Crippen LogP contribution in [-0.2, 0) is 11.2 Å². The van der Waals surface area contributed by atoms with Gasteiger partial charge >= 0.3 is 6.04 Å². The van der Waals surface area contributed by atoms with E-state index in [1.54, 1.807) is 0 Å². The summed E-state index contributed by atoms with van der Waals surface area (Å²) in [6, 6.07) is 11.1. The standard InChI is InChI=1S/C13H12FNO/c14-13(16)12(15)8-9-5-6-10-3-1-2-4-11(10)7-9/h1-7,12H,8,15H2/t12-/m0/s1. The van der Waals surface area contributed by atoms with Gasteiger partial charge in [-0.1, -0.05) is 42.5 Å². The summed E-state index contributed by atoms with van der Waals surface area (Å²) in [5.74, 6) is 0. The van der Waals surface area contributed by atoms with Crippen LogP contribution >= 0.6 is 0 Å². The maximum atomic E-state index is 12.3. The number of nitrogens with two attached hydrogens (primary N) is 1. The number of carbonyl (C=O) groups is 1. The minimum Gasteiger partial charge on any atom is -0.319 e. The molecule has 0 aromatic heterocycles. The molecule has 0 saturated heterocycles. The van der Waals surface area contributed by atoms with Crippen LogP contribution in [-0.4, -0.2) is 12.1 Å². The van der Waals surface area contributed by atoms with Crippen molar-refractivity contribution in [2.24, 2.45) is 5.73 Å². The summed E-state index contributed by atoms with van der Waals surface area (Å²) in [4.78, 5) is 10.4. The summed E-state index contributed by atoms with van der Waals surface area (Å²) in [7, 11) is 0. The Morgan fingerprint density at radius 3 is 2.56 bits per heavy atom. The van der Waals surface area contributed by atoms with Crippen molar-refractivity contribution < 1.29 is 9.18 Å². The summed E-state index contributed by atoms with van der Waals surface area (Å²) in [5.41, 5.74) is 6.24. The van der Waals surface area contributed by atoms with E-state index in [0.717, 1.165) is 16.3 Å². The van der Waals surface area contributed by atoms with Crippen molar-refractivity contribution in [2.75, 3.05) is 0 Å². The van der Waals surface area contributed by atoms with E-state index >= 15 is 0 Å². The van der Waals surface area contributed by atoms with Crippen LogP contribution in [0, 0.1) is 0 Å². The predicted molar refractivity (Wildman–Crippen MR) is 61.7 cm³/mol. The normalized spacial score (nSPS) is 12.6. The highest BCUT2D eigenvalue weighted by Gasteiger charge is 2.12. The second-order valence-electron chi connectivity index (χ2n) is 3.80. The second kappa shape index (κ2) is 4.41. The molecule has 0 heterocycles. The minimum atomic E-state index is -1.46. The fourth-order valence-corrected chi connectivity index (χ4v) is 1.70. The number of benzene rings is 2.